The van der Waals surface area contributed by atoms with Crippen LogP contribution in [0.15, 0.2) is 30.3 Å². The molecule has 9 nitrogen and oxygen atoms in total. The first-order valence-corrected chi connectivity index (χ1v) is 17.2. The number of carbonyl (C=O) groups is 3. The van der Waals surface area contributed by atoms with Crippen molar-refractivity contribution in [1.82, 2.24) is 9.80 Å². The highest BCUT2D eigenvalue weighted by Crippen LogP contribution is 2.68. The molecule has 13 heteroatoms. The number of nitrogens with zero attached hydrogens (tertiary/aromatic N) is 2. The molecule has 2 saturated heterocycles. The highest BCUT2D eigenvalue weighted by molar-refractivity contribution is 7.60. The van der Waals surface area contributed by atoms with Crippen LogP contribution >= 0.6 is 16.4 Å². The topological polar surface area (TPSA) is 113 Å². The Morgan fingerprint density at radius 1 is 1.10 bits per heavy atom. The third-order valence-electron chi connectivity index (χ3n) is 7.97. The molecule has 1 N–H and O–H groups in total. The van der Waals surface area contributed by atoms with Gasteiger partial charge in [0.1, 0.15) is 6.04 Å². The van der Waals surface area contributed by atoms with E-state index < -0.39 is 45.0 Å². The lowest BCUT2D eigenvalue weighted by atomic mass is 9.76. The number of piperidine rings is 1. The summed E-state index contributed by atoms with van der Waals surface area (Å²) in [5, 5.41) is 8.84. The summed E-state index contributed by atoms with van der Waals surface area (Å²) >= 11 is 0. The molecular weight excluding hydrogens is 588 g/mol. The van der Waals surface area contributed by atoms with E-state index in [1.54, 1.807) is 11.8 Å². The van der Waals surface area contributed by atoms with Crippen LogP contribution in [0.5, 0.6) is 0 Å². The summed E-state index contributed by atoms with van der Waals surface area (Å²) in [6.07, 6.45) is 5.70. The summed E-state index contributed by atoms with van der Waals surface area (Å²) in [7, 11) is -5.76. The normalized spacial score (nSPS) is 21.0. The Hall–Kier alpha value is -2.03. The van der Waals surface area contributed by atoms with E-state index in [-0.39, 0.29) is 24.0 Å². The molecule has 0 aliphatic carbocycles. The summed E-state index contributed by atoms with van der Waals surface area (Å²) < 4.78 is 50.0. The van der Waals surface area contributed by atoms with Gasteiger partial charge >= 0.3 is 13.3 Å². The molecule has 2 unspecified atom stereocenters. The second kappa shape index (κ2) is 14.2. The van der Waals surface area contributed by atoms with Crippen molar-refractivity contribution in [2.24, 2.45) is 11.3 Å². The molecule has 0 bridgehead atoms. The van der Waals surface area contributed by atoms with Gasteiger partial charge in [-0.05, 0) is 68.3 Å². The van der Waals surface area contributed by atoms with E-state index in [4.69, 9.17) is 5.26 Å². The first kappa shape index (κ1) is 34.5. The van der Waals surface area contributed by atoms with Crippen LogP contribution < -0.4 is 0 Å². The van der Waals surface area contributed by atoms with E-state index in [0.29, 0.717) is 37.2 Å². The molecule has 3 rings (SSSR count). The van der Waals surface area contributed by atoms with Gasteiger partial charge in [-0.25, -0.2) is 5.26 Å². The van der Waals surface area contributed by atoms with E-state index in [1.807, 2.05) is 25.7 Å². The number of hydrogen-bond donors (Lipinski definition) is 1. The Morgan fingerprint density at radius 2 is 1.71 bits per heavy atom. The smallest absolute Gasteiger partial charge is 0.341 e. The van der Waals surface area contributed by atoms with Crippen LogP contribution in [0.2, 0.25) is 0 Å². The lowest BCUT2D eigenvalue weighted by Crippen LogP contribution is -2.52. The second-order valence-electron chi connectivity index (χ2n) is 12.0. The fraction of sp³-hybridized carbons (Fsp3) is 0.621. The standard InChI is InChI=1S/C29H42F2N2O7P2/c1-20(21-11-13-22(14-12-21)29(30,31)42(38,39-37)40-41-5)18-23(34)19-24(28(2,3)4)26(35)33-17-9-10-25(33)27(36)32-15-7-6-8-16-32/h11-14,18,24-25,37,41H,6-10,15-17,19H2,1-5H3/b20-18+/t24-,25+,42?/m1/s1. The van der Waals surface area contributed by atoms with Gasteiger partial charge in [0.25, 0.3) is 0 Å². The van der Waals surface area contributed by atoms with Gasteiger partial charge in [0, 0.05) is 40.4 Å². The average molecular weight is 631 g/mol. The quantitative estimate of drug-likeness (QED) is 0.126. The van der Waals surface area contributed by atoms with Crippen molar-refractivity contribution in [2.75, 3.05) is 26.3 Å². The van der Waals surface area contributed by atoms with Gasteiger partial charge in [-0.15, -0.1) is 4.67 Å². The fourth-order valence-electron chi connectivity index (χ4n) is 5.50. The lowest BCUT2D eigenvalue weighted by Gasteiger charge is -2.37. The highest BCUT2D eigenvalue weighted by Gasteiger charge is 2.55. The fourth-order valence-corrected chi connectivity index (χ4v) is 7.62. The molecule has 42 heavy (non-hydrogen) atoms. The number of carbonyl (C=O) groups excluding carboxylic acids is 3. The summed E-state index contributed by atoms with van der Waals surface area (Å²) in [6.45, 7) is 10.6. The zero-order valence-corrected chi connectivity index (χ0v) is 26.8. The van der Waals surface area contributed by atoms with Crippen molar-refractivity contribution in [3.63, 3.8) is 0 Å². The Balaban J connectivity index is 1.75. The number of likely N-dealkylation sites (tertiary alicyclic amines) is 2. The van der Waals surface area contributed by atoms with Crippen molar-refractivity contribution < 1.29 is 42.0 Å². The Kier molecular flexibility index (Phi) is 11.6. The van der Waals surface area contributed by atoms with Gasteiger partial charge in [0.2, 0.25) is 11.8 Å². The van der Waals surface area contributed by atoms with Crippen molar-refractivity contribution in [3.8, 4) is 0 Å². The first-order chi connectivity index (χ1) is 19.7. The Morgan fingerprint density at radius 3 is 2.26 bits per heavy atom. The van der Waals surface area contributed by atoms with E-state index in [9.17, 15) is 27.7 Å². The molecule has 0 saturated carbocycles. The minimum Gasteiger partial charge on any atom is -0.341 e. The van der Waals surface area contributed by atoms with Gasteiger partial charge in [-0.3, -0.25) is 23.3 Å². The maximum Gasteiger partial charge on any atom is 0.433 e. The summed E-state index contributed by atoms with van der Waals surface area (Å²) in [6, 6.07) is 4.23. The first-order valence-electron chi connectivity index (χ1n) is 14.2. The van der Waals surface area contributed by atoms with Crippen LogP contribution in [0.4, 0.5) is 8.78 Å². The van der Waals surface area contributed by atoms with E-state index in [1.165, 1.54) is 24.9 Å². The maximum atomic E-state index is 14.8. The molecule has 0 aromatic heterocycles. The predicted molar refractivity (Wildman–Crippen MR) is 158 cm³/mol. The zero-order valence-electron chi connectivity index (χ0n) is 24.9. The molecular formula is C29H42F2N2O7P2. The maximum absolute atomic E-state index is 14.8. The van der Waals surface area contributed by atoms with Crippen LogP contribution in [0.3, 0.4) is 0 Å². The largest absolute Gasteiger partial charge is 0.433 e. The number of ketones is 1. The van der Waals surface area contributed by atoms with Crippen LogP contribution in [-0.4, -0.2) is 65.0 Å². The number of benzene rings is 1. The molecule has 2 aliphatic heterocycles. The molecule has 0 radical (unpaired) electrons. The number of amides is 2. The minimum absolute atomic E-state index is 0.00659. The van der Waals surface area contributed by atoms with Gasteiger partial charge in [-0.1, -0.05) is 45.0 Å². The second-order valence-corrected chi connectivity index (χ2v) is 14.8. The molecule has 2 fully saturated rings. The van der Waals surface area contributed by atoms with Gasteiger partial charge in [0.05, 0.1) is 5.92 Å². The van der Waals surface area contributed by atoms with Gasteiger partial charge in [0.15, 0.2) is 5.78 Å². The Labute approximate surface area is 248 Å². The van der Waals surface area contributed by atoms with Crippen molar-refractivity contribution in [2.45, 2.75) is 77.9 Å². The third-order valence-corrected chi connectivity index (χ3v) is 10.8. The zero-order chi connectivity index (χ0) is 31.3. The summed E-state index contributed by atoms with van der Waals surface area (Å²) in [5.74, 6) is -1.17. The number of alkyl halides is 2. The third kappa shape index (κ3) is 7.72. The van der Waals surface area contributed by atoms with E-state index in [2.05, 4.69) is 8.99 Å². The van der Waals surface area contributed by atoms with Gasteiger partial charge < -0.3 is 9.80 Å². The summed E-state index contributed by atoms with van der Waals surface area (Å²) in [4.78, 5) is 43.8. The molecule has 2 heterocycles. The van der Waals surface area contributed by atoms with E-state index in [0.717, 1.165) is 37.8 Å². The molecule has 0 spiro atoms. The van der Waals surface area contributed by atoms with Gasteiger partial charge in [-0.2, -0.15) is 8.78 Å². The monoisotopic (exact) mass is 630 g/mol. The summed E-state index contributed by atoms with van der Waals surface area (Å²) in [5.41, 5.74) is -4.38. The minimum atomic E-state index is -5.15. The van der Waals surface area contributed by atoms with Crippen molar-refractivity contribution in [1.29, 1.82) is 0 Å². The molecule has 1 aromatic rings. The molecule has 4 atom stereocenters. The highest BCUT2D eigenvalue weighted by atomic mass is 31.2. The SMILES string of the molecule is CPOP(=O)(OO)C(F)(F)c1ccc(/C(C)=C/C(=O)C[C@H](C(=O)N2CCC[C@H]2C(=O)N2CCCCC2)C(C)(C)C)cc1. The van der Waals surface area contributed by atoms with Crippen molar-refractivity contribution >= 4 is 39.6 Å². The lowest BCUT2D eigenvalue weighted by molar-refractivity contribution is -0.159. The van der Waals surface area contributed by atoms with Crippen LogP contribution in [-0.2, 0) is 33.6 Å². The van der Waals surface area contributed by atoms with Crippen molar-refractivity contribution in [3.05, 3.63) is 41.5 Å². The van der Waals surface area contributed by atoms with Crippen LogP contribution in [0.25, 0.3) is 5.57 Å². The molecule has 2 amide bonds. The van der Waals surface area contributed by atoms with Crippen LogP contribution in [0, 0.1) is 11.3 Å². The molecule has 1 aromatic carbocycles. The number of hydrogen-bond acceptors (Lipinski definition) is 7. The predicted octanol–water partition coefficient (Wildman–Crippen LogP) is 6.69. The van der Waals surface area contributed by atoms with E-state index >= 15 is 0 Å². The Bertz CT molecular complexity index is 1210. The molecule has 234 valence electrons. The average Bonchev–Trinajstić information content (AvgIpc) is 3.45. The number of halogens is 2. The van der Waals surface area contributed by atoms with Crippen LogP contribution in [0.1, 0.15) is 77.3 Å². The number of rotatable bonds is 11. The number of allylic oxidation sites excluding steroid dienone is 2. The molecule has 2 aliphatic rings.